The van der Waals surface area contributed by atoms with Crippen LogP contribution in [0.15, 0.2) is 66.9 Å². The summed E-state index contributed by atoms with van der Waals surface area (Å²) < 4.78 is 5.44. The van der Waals surface area contributed by atoms with Crippen LogP contribution in [0.3, 0.4) is 0 Å². The van der Waals surface area contributed by atoms with E-state index in [0.717, 1.165) is 25.9 Å². The second-order valence-electron chi connectivity index (χ2n) is 17.8. The molecule has 2 aromatic carbocycles. The number of benzene rings is 2. The van der Waals surface area contributed by atoms with Gasteiger partial charge in [-0.25, -0.2) is 9.13 Å². The summed E-state index contributed by atoms with van der Waals surface area (Å²) >= 11 is 0. The topological polar surface area (TPSA) is 8.81 Å². The van der Waals surface area contributed by atoms with Crippen LogP contribution in [0, 0.1) is 0 Å². The summed E-state index contributed by atoms with van der Waals surface area (Å²) in [5.74, 6) is 2.04. The van der Waals surface area contributed by atoms with Crippen molar-refractivity contribution in [1.29, 1.82) is 0 Å². The highest BCUT2D eigenvalue weighted by Gasteiger charge is 2.25. The Morgan fingerprint density at radius 3 is 1.25 bits per heavy atom. The maximum Gasteiger partial charge on any atom is 0.261 e. The predicted octanol–water partition coefficient (Wildman–Crippen LogP) is 16.8. The normalized spacial score (nSPS) is 12.1. The van der Waals surface area contributed by atoms with Crippen LogP contribution in [0.4, 0.5) is 0 Å². The molecule has 0 N–H and O–H groups in total. The Morgan fingerprint density at radius 1 is 0.446 bits per heavy atom. The molecule has 0 aliphatic carbocycles. The standard InChI is InChI=1S/C54H91N2/c1-4-6-8-10-12-14-16-18-20-22-24-26-28-30-32-40-46-56-53(47-50(3)52-43-37-34-38-44-52)49-55(54(56)48-51-41-35-33-36-42-51)45-39-31-29-27-25-23-21-19-17-15-13-11-9-7-5-2/h33-38,41-44,49-50H,4-32,39-40,45-48H2,1-3H3/q+1. The molecule has 0 fully saturated rings. The Morgan fingerprint density at radius 2 is 0.821 bits per heavy atom. The first kappa shape index (κ1) is 48.0. The Labute approximate surface area is 349 Å². The summed E-state index contributed by atoms with van der Waals surface area (Å²) in [4.78, 5) is 0. The van der Waals surface area contributed by atoms with E-state index in [1.54, 1.807) is 0 Å². The van der Waals surface area contributed by atoms with Crippen molar-refractivity contribution in [2.45, 2.75) is 252 Å². The maximum atomic E-state index is 2.77. The summed E-state index contributed by atoms with van der Waals surface area (Å²) in [5, 5.41) is 0. The monoisotopic (exact) mass is 768 g/mol. The second kappa shape index (κ2) is 33.6. The molecule has 0 spiro atoms. The van der Waals surface area contributed by atoms with Crippen molar-refractivity contribution in [2.75, 3.05) is 0 Å². The first-order chi connectivity index (χ1) is 27.7. The fourth-order valence-corrected chi connectivity index (χ4v) is 8.93. The molecule has 0 saturated carbocycles. The van der Waals surface area contributed by atoms with Crippen molar-refractivity contribution in [2.24, 2.45) is 0 Å². The Bertz CT molecular complexity index is 1280. The van der Waals surface area contributed by atoms with Gasteiger partial charge in [-0.1, -0.05) is 255 Å². The molecule has 56 heavy (non-hydrogen) atoms. The fourth-order valence-electron chi connectivity index (χ4n) is 8.93. The van der Waals surface area contributed by atoms with Crippen molar-refractivity contribution >= 4 is 0 Å². The lowest BCUT2D eigenvalue weighted by Gasteiger charge is -2.12. The van der Waals surface area contributed by atoms with Gasteiger partial charge in [-0.15, -0.1) is 0 Å². The SMILES string of the molecule is CCCCCCCCCCCCCCCCCC[n+]1c(CC(C)c2ccccc2)cn(CCCCCCCCCCCCCCCCC)c1Cc1ccccc1. The van der Waals surface area contributed by atoms with Gasteiger partial charge < -0.3 is 0 Å². The number of rotatable bonds is 38. The highest BCUT2D eigenvalue weighted by Crippen LogP contribution is 2.22. The molecule has 1 unspecified atom stereocenters. The second-order valence-corrected chi connectivity index (χ2v) is 17.8. The average Bonchev–Trinajstić information content (AvgIpc) is 3.53. The van der Waals surface area contributed by atoms with Crippen LogP contribution in [-0.4, -0.2) is 4.57 Å². The molecule has 316 valence electrons. The van der Waals surface area contributed by atoms with Gasteiger partial charge in [0.15, 0.2) is 0 Å². The molecule has 0 amide bonds. The molecule has 2 heteroatoms. The molecule has 0 aliphatic heterocycles. The summed E-state index contributed by atoms with van der Waals surface area (Å²) in [7, 11) is 0. The van der Waals surface area contributed by atoms with Crippen molar-refractivity contribution in [3.8, 4) is 0 Å². The number of nitrogens with zero attached hydrogens (tertiary/aromatic N) is 2. The fraction of sp³-hybridized carbons (Fsp3) is 0.722. The predicted molar refractivity (Wildman–Crippen MR) is 247 cm³/mol. The van der Waals surface area contributed by atoms with Gasteiger partial charge in [0, 0.05) is 6.42 Å². The molecule has 1 heterocycles. The molecule has 0 aliphatic rings. The van der Waals surface area contributed by atoms with Crippen LogP contribution in [0.2, 0.25) is 0 Å². The smallest absolute Gasteiger partial charge is 0.234 e. The van der Waals surface area contributed by atoms with Gasteiger partial charge >= 0.3 is 0 Å². The summed E-state index contributed by atoms with van der Waals surface area (Å²) in [6.07, 6.45) is 48.8. The van der Waals surface area contributed by atoms with E-state index in [1.807, 2.05) is 0 Å². The van der Waals surface area contributed by atoms with E-state index < -0.39 is 0 Å². The highest BCUT2D eigenvalue weighted by molar-refractivity contribution is 5.21. The van der Waals surface area contributed by atoms with Gasteiger partial charge in [-0.2, -0.15) is 0 Å². The molecule has 0 saturated heterocycles. The number of aromatic nitrogens is 2. The van der Waals surface area contributed by atoms with Crippen molar-refractivity contribution in [3.63, 3.8) is 0 Å². The first-order valence-electron chi connectivity index (χ1n) is 24.9. The van der Waals surface area contributed by atoms with Crippen molar-refractivity contribution in [1.82, 2.24) is 4.57 Å². The van der Waals surface area contributed by atoms with Crippen LogP contribution >= 0.6 is 0 Å². The molecule has 3 aromatic rings. The van der Waals surface area contributed by atoms with Gasteiger partial charge in [-0.3, -0.25) is 0 Å². The van der Waals surface area contributed by atoms with Gasteiger partial charge in [0.2, 0.25) is 0 Å². The van der Waals surface area contributed by atoms with Gasteiger partial charge in [-0.05, 0) is 42.7 Å². The van der Waals surface area contributed by atoms with Gasteiger partial charge in [0.1, 0.15) is 11.9 Å². The van der Waals surface area contributed by atoms with Crippen LogP contribution < -0.4 is 4.57 Å². The number of hydrogen-bond donors (Lipinski definition) is 0. The Kier molecular flexibility index (Phi) is 28.8. The molecule has 0 radical (unpaired) electrons. The summed E-state index contributed by atoms with van der Waals surface area (Å²) in [5.41, 5.74) is 4.43. The Balaban J connectivity index is 1.46. The summed E-state index contributed by atoms with van der Waals surface area (Å²) in [6, 6.07) is 22.5. The quantitative estimate of drug-likeness (QED) is 0.0406. The minimum absolute atomic E-state index is 0.513. The minimum Gasteiger partial charge on any atom is -0.234 e. The first-order valence-corrected chi connectivity index (χ1v) is 24.9. The zero-order chi connectivity index (χ0) is 39.6. The third-order valence-electron chi connectivity index (χ3n) is 12.6. The van der Waals surface area contributed by atoms with E-state index in [-0.39, 0.29) is 0 Å². The molecular formula is C54H91N2+. The van der Waals surface area contributed by atoms with Gasteiger partial charge in [0.25, 0.3) is 5.82 Å². The molecule has 0 bridgehead atoms. The minimum atomic E-state index is 0.513. The number of unbranched alkanes of at least 4 members (excludes halogenated alkanes) is 29. The number of imidazole rings is 1. The number of hydrogen-bond acceptors (Lipinski definition) is 0. The van der Waals surface area contributed by atoms with E-state index in [0.29, 0.717) is 5.92 Å². The molecule has 3 rings (SSSR count). The van der Waals surface area contributed by atoms with E-state index in [1.165, 1.54) is 222 Å². The molecule has 1 atom stereocenters. The third-order valence-corrected chi connectivity index (χ3v) is 12.6. The van der Waals surface area contributed by atoms with E-state index in [2.05, 4.69) is 96.8 Å². The number of aryl methyl sites for hydroxylation is 1. The van der Waals surface area contributed by atoms with Crippen LogP contribution in [0.1, 0.15) is 248 Å². The van der Waals surface area contributed by atoms with E-state index in [4.69, 9.17) is 0 Å². The highest BCUT2D eigenvalue weighted by atomic mass is 15.2. The van der Waals surface area contributed by atoms with Crippen LogP contribution in [0.25, 0.3) is 0 Å². The lowest BCUT2D eigenvalue weighted by Crippen LogP contribution is -2.41. The average molecular weight is 768 g/mol. The lowest BCUT2D eigenvalue weighted by atomic mass is 9.96. The van der Waals surface area contributed by atoms with Crippen molar-refractivity contribution < 1.29 is 4.57 Å². The maximum absolute atomic E-state index is 2.77. The largest absolute Gasteiger partial charge is 0.261 e. The van der Waals surface area contributed by atoms with E-state index in [9.17, 15) is 0 Å². The Hall–Kier alpha value is -2.35. The zero-order valence-corrected chi connectivity index (χ0v) is 37.6. The molecule has 1 aromatic heterocycles. The van der Waals surface area contributed by atoms with Crippen LogP contribution in [0.5, 0.6) is 0 Å². The third kappa shape index (κ3) is 22.6. The van der Waals surface area contributed by atoms with E-state index >= 15 is 0 Å². The zero-order valence-electron chi connectivity index (χ0n) is 37.6. The lowest BCUT2D eigenvalue weighted by molar-refractivity contribution is -0.710. The van der Waals surface area contributed by atoms with Crippen molar-refractivity contribution in [3.05, 3.63) is 89.5 Å². The van der Waals surface area contributed by atoms with Crippen LogP contribution in [-0.2, 0) is 25.9 Å². The van der Waals surface area contributed by atoms with Gasteiger partial charge in [0.05, 0.1) is 19.5 Å². The summed E-state index contributed by atoms with van der Waals surface area (Å²) in [6.45, 7) is 9.36. The molecule has 2 nitrogen and oxygen atoms in total. The molecular weight excluding hydrogens is 677 g/mol.